The van der Waals surface area contributed by atoms with Crippen molar-refractivity contribution in [3.8, 4) is 5.75 Å². The average molecular weight is 349 g/mol. The summed E-state index contributed by atoms with van der Waals surface area (Å²) in [7, 11) is -3.46. The number of benzene rings is 1. The molecule has 126 valence electrons. The minimum absolute atomic E-state index is 0. The molecule has 0 atom stereocenters. The van der Waals surface area contributed by atoms with Crippen molar-refractivity contribution in [2.75, 3.05) is 6.61 Å². The van der Waals surface area contributed by atoms with Crippen molar-refractivity contribution in [2.45, 2.75) is 56.0 Å². The van der Waals surface area contributed by atoms with Gasteiger partial charge in [0.2, 0.25) is 10.0 Å². The second-order valence-electron chi connectivity index (χ2n) is 5.55. The fraction of sp³-hybridized carbons (Fsp3) is 0.600. The normalized spacial score (nSPS) is 21.9. The van der Waals surface area contributed by atoms with Gasteiger partial charge in [0.25, 0.3) is 0 Å². The lowest BCUT2D eigenvalue weighted by atomic mass is 9.93. The van der Waals surface area contributed by atoms with Crippen molar-refractivity contribution in [1.29, 1.82) is 0 Å². The minimum Gasteiger partial charge on any atom is -0.494 e. The van der Waals surface area contributed by atoms with Gasteiger partial charge in [-0.25, -0.2) is 13.1 Å². The van der Waals surface area contributed by atoms with Crippen molar-refractivity contribution < 1.29 is 13.2 Å². The van der Waals surface area contributed by atoms with E-state index in [2.05, 4.69) is 4.72 Å². The standard InChI is InChI=1S/C15H24N2O3S.ClH/c1-2-11-20-14-7-9-15(10-8-14)21(18,19)17-13-5-3-12(16)4-6-13;/h7-10,12-13,17H,2-6,11,16H2,1H3;1H. The summed E-state index contributed by atoms with van der Waals surface area (Å²) in [5, 5.41) is 0. The van der Waals surface area contributed by atoms with Crippen molar-refractivity contribution in [2.24, 2.45) is 5.73 Å². The molecule has 0 bridgehead atoms. The van der Waals surface area contributed by atoms with E-state index in [9.17, 15) is 8.42 Å². The molecule has 0 heterocycles. The van der Waals surface area contributed by atoms with Gasteiger partial charge >= 0.3 is 0 Å². The zero-order chi connectivity index (χ0) is 15.3. The van der Waals surface area contributed by atoms with E-state index in [1.54, 1.807) is 24.3 Å². The van der Waals surface area contributed by atoms with Crippen molar-refractivity contribution >= 4 is 22.4 Å². The van der Waals surface area contributed by atoms with E-state index in [-0.39, 0.29) is 29.4 Å². The van der Waals surface area contributed by atoms with Crippen LogP contribution < -0.4 is 15.2 Å². The average Bonchev–Trinajstić information content (AvgIpc) is 2.48. The van der Waals surface area contributed by atoms with Gasteiger partial charge in [-0.1, -0.05) is 6.92 Å². The molecule has 22 heavy (non-hydrogen) atoms. The van der Waals surface area contributed by atoms with Gasteiger partial charge in [0, 0.05) is 12.1 Å². The van der Waals surface area contributed by atoms with E-state index in [0.29, 0.717) is 12.4 Å². The van der Waals surface area contributed by atoms with Crippen LogP contribution in [0.25, 0.3) is 0 Å². The largest absolute Gasteiger partial charge is 0.494 e. The molecule has 2 rings (SSSR count). The van der Waals surface area contributed by atoms with Gasteiger partial charge in [-0.3, -0.25) is 0 Å². The molecule has 0 amide bonds. The molecule has 7 heteroatoms. The van der Waals surface area contributed by atoms with E-state index in [4.69, 9.17) is 10.5 Å². The molecule has 5 nitrogen and oxygen atoms in total. The van der Waals surface area contributed by atoms with E-state index in [0.717, 1.165) is 32.1 Å². The Morgan fingerprint density at radius 3 is 2.32 bits per heavy atom. The summed E-state index contributed by atoms with van der Waals surface area (Å²) in [6.07, 6.45) is 4.27. The number of ether oxygens (including phenoxy) is 1. The molecule has 1 aromatic carbocycles. The summed E-state index contributed by atoms with van der Waals surface area (Å²) < 4.78 is 32.9. The minimum atomic E-state index is -3.46. The molecule has 0 saturated heterocycles. The molecule has 1 saturated carbocycles. The highest BCUT2D eigenvalue weighted by Gasteiger charge is 2.24. The van der Waals surface area contributed by atoms with Gasteiger partial charge in [0.1, 0.15) is 5.75 Å². The van der Waals surface area contributed by atoms with Crippen LogP contribution in [0.2, 0.25) is 0 Å². The Hall–Kier alpha value is -0.820. The molecule has 0 aliphatic heterocycles. The van der Waals surface area contributed by atoms with Gasteiger partial charge in [0.05, 0.1) is 11.5 Å². The van der Waals surface area contributed by atoms with Crippen LogP contribution in [0.1, 0.15) is 39.0 Å². The Morgan fingerprint density at radius 2 is 1.77 bits per heavy atom. The van der Waals surface area contributed by atoms with E-state index >= 15 is 0 Å². The highest BCUT2D eigenvalue weighted by Crippen LogP contribution is 2.21. The molecular formula is C15H25ClN2O3S. The lowest BCUT2D eigenvalue weighted by Crippen LogP contribution is -2.40. The van der Waals surface area contributed by atoms with Crippen LogP contribution in [0.5, 0.6) is 5.75 Å². The molecular weight excluding hydrogens is 324 g/mol. The summed E-state index contributed by atoms with van der Waals surface area (Å²) >= 11 is 0. The second kappa shape index (κ2) is 8.72. The van der Waals surface area contributed by atoms with Crippen LogP contribution in [-0.4, -0.2) is 27.1 Å². The SMILES string of the molecule is CCCOc1ccc(S(=O)(=O)NC2CCC(N)CC2)cc1.Cl. The molecule has 1 fully saturated rings. The second-order valence-corrected chi connectivity index (χ2v) is 7.27. The van der Waals surface area contributed by atoms with Crippen molar-refractivity contribution in [3.05, 3.63) is 24.3 Å². The summed E-state index contributed by atoms with van der Waals surface area (Å²) in [6.45, 7) is 2.66. The molecule has 3 N–H and O–H groups in total. The molecule has 0 aromatic heterocycles. The fourth-order valence-corrected chi connectivity index (χ4v) is 3.76. The molecule has 0 radical (unpaired) electrons. The molecule has 1 aliphatic carbocycles. The van der Waals surface area contributed by atoms with Gasteiger partial charge in [-0.2, -0.15) is 0 Å². The fourth-order valence-electron chi connectivity index (χ4n) is 2.46. The maximum Gasteiger partial charge on any atom is 0.240 e. The lowest BCUT2D eigenvalue weighted by molar-refractivity contribution is 0.317. The summed E-state index contributed by atoms with van der Waals surface area (Å²) in [5.74, 6) is 0.694. The maximum atomic E-state index is 12.3. The number of rotatable bonds is 6. The monoisotopic (exact) mass is 348 g/mol. The Labute approximate surface area is 139 Å². The Kier molecular flexibility index (Phi) is 7.62. The van der Waals surface area contributed by atoms with Gasteiger partial charge < -0.3 is 10.5 Å². The highest BCUT2D eigenvalue weighted by molar-refractivity contribution is 7.89. The first-order valence-electron chi connectivity index (χ1n) is 7.52. The number of nitrogens with one attached hydrogen (secondary N) is 1. The van der Waals surface area contributed by atoms with Crippen molar-refractivity contribution in [1.82, 2.24) is 4.72 Å². The summed E-state index contributed by atoms with van der Waals surface area (Å²) in [5.41, 5.74) is 5.84. The quantitative estimate of drug-likeness (QED) is 0.827. The van der Waals surface area contributed by atoms with E-state index < -0.39 is 10.0 Å². The zero-order valence-electron chi connectivity index (χ0n) is 12.8. The number of halogens is 1. The van der Waals surface area contributed by atoms with Crippen molar-refractivity contribution in [3.63, 3.8) is 0 Å². The van der Waals surface area contributed by atoms with Crippen LogP contribution in [0.3, 0.4) is 0 Å². The van der Waals surface area contributed by atoms with Crippen LogP contribution in [0.4, 0.5) is 0 Å². The molecule has 0 spiro atoms. The maximum absolute atomic E-state index is 12.3. The lowest BCUT2D eigenvalue weighted by Gasteiger charge is -2.26. The first kappa shape index (κ1) is 19.2. The third-order valence-corrected chi connectivity index (χ3v) is 5.24. The summed E-state index contributed by atoms with van der Waals surface area (Å²) in [4.78, 5) is 0.279. The molecule has 1 aromatic rings. The van der Waals surface area contributed by atoms with Gasteiger partial charge in [-0.15, -0.1) is 12.4 Å². The predicted octanol–water partition coefficient (Wildman–Crippen LogP) is 2.45. The first-order valence-corrected chi connectivity index (χ1v) is 9.00. The van der Waals surface area contributed by atoms with Gasteiger partial charge in [0.15, 0.2) is 0 Å². The molecule has 0 unspecified atom stereocenters. The Bertz CT molecular complexity index is 540. The number of hydrogen-bond donors (Lipinski definition) is 2. The Balaban J connectivity index is 0.00000242. The number of sulfonamides is 1. The van der Waals surface area contributed by atoms with E-state index in [1.807, 2.05) is 6.92 Å². The smallest absolute Gasteiger partial charge is 0.240 e. The molecule has 1 aliphatic rings. The van der Waals surface area contributed by atoms with Crippen LogP contribution in [0.15, 0.2) is 29.2 Å². The highest BCUT2D eigenvalue weighted by atomic mass is 35.5. The predicted molar refractivity (Wildman–Crippen MR) is 90.0 cm³/mol. The topological polar surface area (TPSA) is 81.4 Å². The van der Waals surface area contributed by atoms with Crippen LogP contribution in [-0.2, 0) is 10.0 Å². The van der Waals surface area contributed by atoms with Gasteiger partial charge in [-0.05, 0) is 56.4 Å². The van der Waals surface area contributed by atoms with E-state index in [1.165, 1.54) is 0 Å². The van der Waals surface area contributed by atoms with Crippen LogP contribution in [0, 0.1) is 0 Å². The zero-order valence-corrected chi connectivity index (χ0v) is 14.5. The first-order chi connectivity index (χ1) is 10.0. The summed E-state index contributed by atoms with van der Waals surface area (Å²) in [6, 6.07) is 6.76. The third-order valence-electron chi connectivity index (χ3n) is 3.70. The third kappa shape index (κ3) is 5.43. The Morgan fingerprint density at radius 1 is 1.18 bits per heavy atom. The number of hydrogen-bond acceptors (Lipinski definition) is 4. The van der Waals surface area contributed by atoms with Crippen LogP contribution >= 0.6 is 12.4 Å². The number of nitrogens with two attached hydrogens (primary N) is 1.